The normalized spacial score (nSPS) is 15.6. The van der Waals surface area contributed by atoms with Gasteiger partial charge in [-0.2, -0.15) is 13.2 Å². The number of nitrogens with zero attached hydrogens (tertiary/aromatic N) is 2. The standard InChI is InChI=1S/C21H22F6N2S/c1-13-9-16(22)17(11-18(13)30-12-20(2,23)24)28-19(29(3)4)14-7-5-6-8-15(10-14)21(25,26)27/h5,7-11H,6,12H2,1-4H3. The Morgan fingerprint density at radius 2 is 1.83 bits per heavy atom. The summed E-state index contributed by atoms with van der Waals surface area (Å²) in [7, 11) is 3.16. The van der Waals surface area contributed by atoms with Gasteiger partial charge in [0.25, 0.3) is 5.92 Å². The molecule has 0 aliphatic heterocycles. The van der Waals surface area contributed by atoms with Gasteiger partial charge in [0, 0.05) is 31.5 Å². The quantitative estimate of drug-likeness (QED) is 0.212. The molecule has 0 aromatic heterocycles. The fraction of sp³-hybridized carbons (Fsp3) is 0.381. The lowest BCUT2D eigenvalue weighted by Gasteiger charge is -2.18. The molecule has 0 heterocycles. The molecular weight excluding hydrogens is 426 g/mol. The molecule has 1 aliphatic carbocycles. The minimum absolute atomic E-state index is 0.0977. The molecule has 1 aromatic rings. The second kappa shape index (κ2) is 9.32. The molecule has 0 spiro atoms. The minimum Gasteiger partial charge on any atom is -0.362 e. The first-order chi connectivity index (χ1) is 13.8. The Labute approximate surface area is 176 Å². The smallest absolute Gasteiger partial charge is 0.362 e. The van der Waals surface area contributed by atoms with Crippen molar-refractivity contribution in [1.82, 2.24) is 4.90 Å². The third-order valence-electron chi connectivity index (χ3n) is 4.04. The minimum atomic E-state index is -4.53. The van der Waals surface area contributed by atoms with Gasteiger partial charge in [-0.3, -0.25) is 0 Å². The zero-order valence-electron chi connectivity index (χ0n) is 16.9. The van der Waals surface area contributed by atoms with Crippen LogP contribution in [0.1, 0.15) is 18.9 Å². The second-order valence-electron chi connectivity index (χ2n) is 7.15. The van der Waals surface area contributed by atoms with Gasteiger partial charge in [-0.1, -0.05) is 18.2 Å². The number of amidine groups is 1. The van der Waals surface area contributed by atoms with Crippen LogP contribution in [-0.2, 0) is 0 Å². The number of benzene rings is 1. The first-order valence-corrected chi connectivity index (χ1v) is 9.99. The Kier molecular flexibility index (Phi) is 7.49. The van der Waals surface area contributed by atoms with Crippen LogP contribution in [0.2, 0.25) is 0 Å². The first kappa shape index (κ1) is 24.1. The van der Waals surface area contributed by atoms with Crippen molar-refractivity contribution in [3.8, 4) is 0 Å². The Balaban J connectivity index is 2.51. The van der Waals surface area contributed by atoms with E-state index in [0.717, 1.165) is 30.8 Å². The molecule has 0 fully saturated rings. The molecular formula is C21H22F6N2S. The fourth-order valence-corrected chi connectivity index (χ4v) is 3.52. The van der Waals surface area contributed by atoms with Crippen molar-refractivity contribution in [3.05, 3.63) is 59.0 Å². The Bertz CT molecular complexity index is 905. The molecule has 0 radical (unpaired) electrons. The van der Waals surface area contributed by atoms with Gasteiger partial charge in [0.05, 0.1) is 11.3 Å². The number of aliphatic imine (C=N–C) groups is 1. The second-order valence-corrected chi connectivity index (χ2v) is 8.17. The third-order valence-corrected chi connectivity index (χ3v) is 5.45. The fourth-order valence-electron chi connectivity index (χ4n) is 2.63. The topological polar surface area (TPSA) is 15.6 Å². The zero-order valence-corrected chi connectivity index (χ0v) is 17.8. The summed E-state index contributed by atoms with van der Waals surface area (Å²) in [5.74, 6) is -3.97. The molecule has 0 saturated heterocycles. The Morgan fingerprint density at radius 1 is 1.17 bits per heavy atom. The van der Waals surface area contributed by atoms with Crippen molar-refractivity contribution in [2.24, 2.45) is 4.99 Å². The number of allylic oxidation sites excluding steroid dienone is 4. The highest BCUT2D eigenvalue weighted by Gasteiger charge is 2.32. The van der Waals surface area contributed by atoms with Crippen LogP contribution in [-0.4, -0.2) is 42.7 Å². The number of hydrogen-bond donors (Lipinski definition) is 0. The van der Waals surface area contributed by atoms with Gasteiger partial charge in [0.2, 0.25) is 0 Å². The van der Waals surface area contributed by atoms with Crippen LogP contribution in [0.25, 0.3) is 0 Å². The number of thioether (sulfide) groups is 1. The molecule has 9 heteroatoms. The molecule has 2 rings (SSSR count). The van der Waals surface area contributed by atoms with Crippen LogP contribution in [0.15, 0.2) is 57.5 Å². The molecule has 30 heavy (non-hydrogen) atoms. The SMILES string of the molecule is Cc1cc(F)c(N=C(C2=CC(C(F)(F)F)=CCC=C2)N(C)C)cc1SCC(C)(F)F. The van der Waals surface area contributed by atoms with E-state index in [1.165, 1.54) is 23.1 Å². The first-order valence-electron chi connectivity index (χ1n) is 9.00. The van der Waals surface area contributed by atoms with E-state index in [-0.39, 0.29) is 23.5 Å². The third kappa shape index (κ3) is 6.68. The predicted octanol–water partition coefficient (Wildman–Crippen LogP) is 6.85. The van der Waals surface area contributed by atoms with Gasteiger partial charge in [-0.25, -0.2) is 18.2 Å². The number of hydrogen-bond acceptors (Lipinski definition) is 2. The van der Waals surface area contributed by atoms with Crippen LogP contribution in [0.3, 0.4) is 0 Å². The summed E-state index contributed by atoms with van der Waals surface area (Å²) >= 11 is 0.869. The van der Waals surface area contributed by atoms with Crippen molar-refractivity contribution < 1.29 is 26.3 Å². The molecule has 0 saturated carbocycles. The van der Waals surface area contributed by atoms with Gasteiger partial charge in [0.1, 0.15) is 17.3 Å². The number of aryl methyl sites for hydroxylation is 1. The van der Waals surface area contributed by atoms with Crippen molar-refractivity contribution in [2.75, 3.05) is 19.8 Å². The summed E-state index contributed by atoms with van der Waals surface area (Å²) in [5, 5.41) is 0. The highest BCUT2D eigenvalue weighted by Crippen LogP contribution is 2.34. The number of likely N-dealkylation sites (N-methyl/N-ethyl adjacent to an activating group) is 1. The van der Waals surface area contributed by atoms with Gasteiger partial charge in [0.15, 0.2) is 0 Å². The molecule has 0 amide bonds. The number of alkyl halides is 5. The lowest BCUT2D eigenvalue weighted by molar-refractivity contribution is -0.0884. The van der Waals surface area contributed by atoms with E-state index in [2.05, 4.69) is 4.99 Å². The monoisotopic (exact) mass is 448 g/mol. The van der Waals surface area contributed by atoms with Crippen LogP contribution in [0, 0.1) is 12.7 Å². The molecule has 1 aliphatic rings. The van der Waals surface area contributed by atoms with Crippen LogP contribution >= 0.6 is 11.8 Å². The summed E-state index contributed by atoms with van der Waals surface area (Å²) in [5.41, 5.74) is -0.316. The summed E-state index contributed by atoms with van der Waals surface area (Å²) in [6, 6.07) is 2.52. The summed E-state index contributed by atoms with van der Waals surface area (Å²) in [4.78, 5) is 6.14. The van der Waals surface area contributed by atoms with Gasteiger partial charge in [-0.15, -0.1) is 11.8 Å². The Hall–Kier alpha value is -2.16. The van der Waals surface area contributed by atoms with Crippen molar-refractivity contribution in [1.29, 1.82) is 0 Å². The van der Waals surface area contributed by atoms with E-state index in [9.17, 15) is 26.3 Å². The highest BCUT2D eigenvalue weighted by molar-refractivity contribution is 7.99. The highest BCUT2D eigenvalue weighted by atomic mass is 32.2. The van der Waals surface area contributed by atoms with Crippen molar-refractivity contribution >= 4 is 23.3 Å². The summed E-state index contributed by atoms with van der Waals surface area (Å²) in [6.07, 6.45) is 0.636. The predicted molar refractivity (Wildman–Crippen MR) is 109 cm³/mol. The molecule has 0 atom stereocenters. The van der Waals surface area contributed by atoms with E-state index in [1.807, 2.05) is 0 Å². The maximum absolute atomic E-state index is 14.5. The van der Waals surface area contributed by atoms with E-state index in [0.29, 0.717) is 10.5 Å². The van der Waals surface area contributed by atoms with Gasteiger partial charge in [-0.05, 0) is 37.1 Å². The van der Waals surface area contributed by atoms with E-state index in [1.54, 1.807) is 27.1 Å². The number of rotatable bonds is 5. The van der Waals surface area contributed by atoms with Crippen LogP contribution < -0.4 is 0 Å². The average Bonchev–Trinajstić information content (AvgIpc) is 2.85. The molecule has 0 N–H and O–H groups in total. The number of halogens is 6. The molecule has 2 nitrogen and oxygen atoms in total. The molecule has 0 unspecified atom stereocenters. The molecule has 1 aromatic carbocycles. The maximum Gasteiger partial charge on any atom is 0.416 e. The average molecular weight is 448 g/mol. The molecule has 164 valence electrons. The van der Waals surface area contributed by atoms with Crippen LogP contribution in [0.4, 0.5) is 32.0 Å². The molecule has 0 bridgehead atoms. The summed E-state index contributed by atoms with van der Waals surface area (Å²) < 4.78 is 80.6. The van der Waals surface area contributed by atoms with Crippen molar-refractivity contribution in [3.63, 3.8) is 0 Å². The van der Waals surface area contributed by atoms with E-state index < -0.39 is 29.2 Å². The Morgan fingerprint density at radius 3 is 2.40 bits per heavy atom. The lowest BCUT2D eigenvalue weighted by atomic mass is 10.1. The van der Waals surface area contributed by atoms with Gasteiger partial charge >= 0.3 is 6.18 Å². The zero-order chi connectivity index (χ0) is 22.7. The summed E-state index contributed by atoms with van der Waals surface area (Å²) in [6.45, 7) is 2.38. The largest absolute Gasteiger partial charge is 0.416 e. The van der Waals surface area contributed by atoms with Crippen molar-refractivity contribution in [2.45, 2.75) is 37.3 Å². The van der Waals surface area contributed by atoms with Crippen LogP contribution in [0.5, 0.6) is 0 Å². The lowest BCUT2D eigenvalue weighted by Crippen LogP contribution is -2.24. The van der Waals surface area contributed by atoms with E-state index >= 15 is 0 Å². The van der Waals surface area contributed by atoms with E-state index in [4.69, 9.17) is 0 Å². The van der Waals surface area contributed by atoms with Gasteiger partial charge < -0.3 is 4.90 Å². The maximum atomic E-state index is 14.5.